The number of carbonyl (C=O) groups is 1. The summed E-state index contributed by atoms with van der Waals surface area (Å²) in [4.78, 5) is 25.4. The smallest absolute Gasteiger partial charge is 0.248 e. The summed E-state index contributed by atoms with van der Waals surface area (Å²) in [6, 6.07) is 19.6. The molecule has 32 heavy (non-hydrogen) atoms. The summed E-state index contributed by atoms with van der Waals surface area (Å²) in [6.45, 7) is 6.58. The minimum atomic E-state index is 0.0132. The molecule has 1 atom stereocenters. The quantitative estimate of drug-likeness (QED) is 0.565. The van der Waals surface area contributed by atoms with E-state index in [4.69, 9.17) is 9.47 Å². The van der Waals surface area contributed by atoms with E-state index in [-0.39, 0.29) is 18.6 Å². The fourth-order valence-electron chi connectivity index (χ4n) is 3.81. The summed E-state index contributed by atoms with van der Waals surface area (Å²) < 4.78 is 11.5. The highest BCUT2D eigenvalue weighted by molar-refractivity contribution is 5.78. The Kier molecular flexibility index (Phi) is 6.97. The minimum Gasteiger partial charge on any atom is -0.439 e. The van der Waals surface area contributed by atoms with E-state index in [2.05, 4.69) is 14.9 Å². The molecular formula is C25H28N4O3. The van der Waals surface area contributed by atoms with Crippen molar-refractivity contribution in [1.82, 2.24) is 14.9 Å². The monoisotopic (exact) mass is 432 g/mol. The Balaban J connectivity index is 1.31. The fraction of sp³-hybridized carbons (Fsp3) is 0.320. The Morgan fingerprint density at radius 2 is 1.91 bits per heavy atom. The van der Waals surface area contributed by atoms with Crippen molar-refractivity contribution in [3.8, 4) is 11.6 Å². The average Bonchev–Trinajstić information content (AvgIpc) is 2.80. The Labute approximate surface area is 188 Å². The zero-order valence-corrected chi connectivity index (χ0v) is 18.5. The van der Waals surface area contributed by atoms with E-state index in [0.717, 1.165) is 22.7 Å². The number of nitrogens with zero attached hydrogens (tertiary/aromatic N) is 4. The number of piperazine rings is 1. The molecule has 3 aromatic rings. The predicted octanol–water partition coefficient (Wildman–Crippen LogP) is 3.83. The molecule has 1 aliphatic heterocycles. The van der Waals surface area contributed by atoms with E-state index < -0.39 is 0 Å². The lowest BCUT2D eigenvalue weighted by molar-refractivity contribution is -0.139. The predicted molar refractivity (Wildman–Crippen MR) is 123 cm³/mol. The molecule has 2 heterocycles. The summed E-state index contributed by atoms with van der Waals surface area (Å²) >= 11 is 0. The Morgan fingerprint density at radius 1 is 1.06 bits per heavy atom. The van der Waals surface area contributed by atoms with Gasteiger partial charge in [-0.25, -0.2) is 9.97 Å². The lowest BCUT2D eigenvalue weighted by Crippen LogP contribution is -2.55. The van der Waals surface area contributed by atoms with Gasteiger partial charge in [-0.3, -0.25) is 4.79 Å². The highest BCUT2D eigenvalue weighted by Crippen LogP contribution is 2.24. The van der Waals surface area contributed by atoms with Crippen LogP contribution in [0, 0.1) is 6.92 Å². The maximum atomic E-state index is 12.7. The number of aromatic nitrogens is 2. The van der Waals surface area contributed by atoms with Crippen LogP contribution in [0.4, 0.5) is 5.82 Å². The van der Waals surface area contributed by atoms with E-state index in [1.54, 1.807) is 0 Å². The van der Waals surface area contributed by atoms with Crippen molar-refractivity contribution in [2.24, 2.45) is 0 Å². The molecule has 0 saturated carbocycles. The van der Waals surface area contributed by atoms with Crippen LogP contribution < -0.4 is 9.64 Å². The topological polar surface area (TPSA) is 67.8 Å². The molecule has 1 aliphatic rings. The zero-order valence-electron chi connectivity index (χ0n) is 18.5. The SMILES string of the molecule is Cc1cccc(Oc2cc(N3CCN(C(=O)COCc4ccccc4)[C@H](C)C3)ncn2)c1. The first-order chi connectivity index (χ1) is 15.6. The van der Waals surface area contributed by atoms with Gasteiger partial charge < -0.3 is 19.3 Å². The third-order valence-electron chi connectivity index (χ3n) is 5.45. The number of hydrogen-bond donors (Lipinski definition) is 0. The molecule has 166 valence electrons. The van der Waals surface area contributed by atoms with Gasteiger partial charge in [0.15, 0.2) is 0 Å². The van der Waals surface area contributed by atoms with E-state index in [1.165, 1.54) is 6.33 Å². The maximum Gasteiger partial charge on any atom is 0.248 e. The van der Waals surface area contributed by atoms with Crippen LogP contribution >= 0.6 is 0 Å². The van der Waals surface area contributed by atoms with Crippen LogP contribution in [-0.2, 0) is 16.1 Å². The second-order valence-corrected chi connectivity index (χ2v) is 7.99. The minimum absolute atomic E-state index is 0.0132. The third kappa shape index (κ3) is 5.62. The summed E-state index contributed by atoms with van der Waals surface area (Å²) in [5, 5.41) is 0. The first-order valence-corrected chi connectivity index (χ1v) is 10.8. The van der Waals surface area contributed by atoms with Crippen LogP contribution in [-0.4, -0.2) is 53.1 Å². The van der Waals surface area contributed by atoms with Gasteiger partial charge in [0, 0.05) is 31.7 Å². The average molecular weight is 433 g/mol. The molecule has 0 radical (unpaired) electrons. The van der Waals surface area contributed by atoms with Gasteiger partial charge >= 0.3 is 0 Å². The first-order valence-electron chi connectivity index (χ1n) is 10.8. The Morgan fingerprint density at radius 3 is 2.69 bits per heavy atom. The molecule has 4 rings (SSSR count). The largest absolute Gasteiger partial charge is 0.439 e. The number of ether oxygens (including phenoxy) is 2. The van der Waals surface area contributed by atoms with Crippen LogP contribution in [0.15, 0.2) is 67.0 Å². The molecule has 2 aromatic carbocycles. The van der Waals surface area contributed by atoms with Crippen LogP contribution in [0.25, 0.3) is 0 Å². The number of anilines is 1. The van der Waals surface area contributed by atoms with Crippen molar-refractivity contribution in [2.45, 2.75) is 26.5 Å². The van der Waals surface area contributed by atoms with Gasteiger partial charge in [0.1, 0.15) is 24.5 Å². The van der Waals surface area contributed by atoms with Gasteiger partial charge in [-0.05, 0) is 37.1 Å². The molecule has 0 N–H and O–H groups in total. The highest BCUT2D eigenvalue weighted by atomic mass is 16.5. The van der Waals surface area contributed by atoms with Crippen molar-refractivity contribution in [3.63, 3.8) is 0 Å². The molecular weight excluding hydrogens is 404 g/mol. The molecule has 7 nitrogen and oxygen atoms in total. The van der Waals surface area contributed by atoms with Crippen molar-refractivity contribution in [1.29, 1.82) is 0 Å². The summed E-state index contributed by atoms with van der Waals surface area (Å²) in [6.07, 6.45) is 1.51. The van der Waals surface area contributed by atoms with Gasteiger partial charge in [0.2, 0.25) is 11.8 Å². The lowest BCUT2D eigenvalue weighted by Gasteiger charge is -2.40. The number of amides is 1. The number of hydrogen-bond acceptors (Lipinski definition) is 6. The third-order valence-corrected chi connectivity index (χ3v) is 5.45. The molecule has 1 amide bonds. The second kappa shape index (κ2) is 10.2. The molecule has 0 spiro atoms. The van der Waals surface area contributed by atoms with E-state index >= 15 is 0 Å². The normalized spacial score (nSPS) is 16.1. The molecule has 0 bridgehead atoms. The van der Waals surface area contributed by atoms with Crippen molar-refractivity contribution in [3.05, 3.63) is 78.1 Å². The second-order valence-electron chi connectivity index (χ2n) is 7.99. The standard InChI is InChI=1S/C25H28N4O3/c1-19-7-6-10-22(13-19)32-24-14-23(26-18-27-24)28-11-12-29(20(2)15-28)25(30)17-31-16-21-8-4-3-5-9-21/h3-10,13-14,18,20H,11-12,15-17H2,1-2H3/t20-/m1/s1. The molecule has 1 aromatic heterocycles. The van der Waals surface area contributed by atoms with Crippen LogP contribution in [0.1, 0.15) is 18.1 Å². The summed E-state index contributed by atoms with van der Waals surface area (Å²) in [7, 11) is 0. The number of benzene rings is 2. The van der Waals surface area contributed by atoms with Gasteiger partial charge in [0.25, 0.3) is 0 Å². The lowest BCUT2D eigenvalue weighted by atomic mass is 10.2. The molecule has 7 heteroatoms. The van der Waals surface area contributed by atoms with E-state index in [1.807, 2.05) is 79.4 Å². The van der Waals surface area contributed by atoms with Crippen LogP contribution in [0.5, 0.6) is 11.6 Å². The summed E-state index contributed by atoms with van der Waals surface area (Å²) in [5.41, 5.74) is 2.18. The van der Waals surface area contributed by atoms with Crippen LogP contribution in [0.2, 0.25) is 0 Å². The summed E-state index contributed by atoms with van der Waals surface area (Å²) in [5.74, 6) is 2.05. The maximum absolute atomic E-state index is 12.7. The highest BCUT2D eigenvalue weighted by Gasteiger charge is 2.28. The molecule has 0 aliphatic carbocycles. The van der Waals surface area contributed by atoms with Gasteiger partial charge in [-0.1, -0.05) is 42.5 Å². The number of aryl methyl sites for hydroxylation is 1. The van der Waals surface area contributed by atoms with E-state index in [0.29, 0.717) is 32.1 Å². The van der Waals surface area contributed by atoms with Crippen molar-refractivity contribution < 1.29 is 14.3 Å². The molecule has 1 fully saturated rings. The fourth-order valence-corrected chi connectivity index (χ4v) is 3.81. The van der Waals surface area contributed by atoms with Crippen LogP contribution in [0.3, 0.4) is 0 Å². The van der Waals surface area contributed by atoms with E-state index in [9.17, 15) is 4.79 Å². The first kappa shape index (κ1) is 21.8. The van der Waals surface area contributed by atoms with Crippen molar-refractivity contribution in [2.75, 3.05) is 31.1 Å². The number of rotatable bonds is 7. The zero-order chi connectivity index (χ0) is 22.3. The number of carbonyl (C=O) groups excluding carboxylic acids is 1. The van der Waals surface area contributed by atoms with Gasteiger partial charge in [-0.15, -0.1) is 0 Å². The Bertz CT molecular complexity index is 1040. The van der Waals surface area contributed by atoms with Crippen molar-refractivity contribution >= 4 is 11.7 Å². The van der Waals surface area contributed by atoms with Gasteiger partial charge in [-0.2, -0.15) is 0 Å². The molecule has 0 unspecified atom stereocenters. The Hall–Kier alpha value is -3.45. The van der Waals surface area contributed by atoms with Gasteiger partial charge in [0.05, 0.1) is 6.61 Å². The molecule has 1 saturated heterocycles.